The lowest BCUT2D eigenvalue weighted by atomic mass is 10.1. The molecular formula is C24H22O4S2. The van der Waals surface area contributed by atoms with E-state index in [0.29, 0.717) is 0 Å². The molecule has 0 atom stereocenters. The quantitative estimate of drug-likeness (QED) is 0.295. The molecule has 0 amide bonds. The minimum atomic E-state index is 0.811. The molecule has 0 N–H and O–H groups in total. The zero-order chi connectivity index (χ0) is 21.1. The van der Waals surface area contributed by atoms with Gasteiger partial charge in [-0.25, -0.2) is 0 Å². The molecule has 0 unspecified atom stereocenters. The van der Waals surface area contributed by atoms with Crippen LogP contribution in [0, 0.1) is 0 Å². The fourth-order valence-corrected chi connectivity index (χ4v) is 5.76. The fourth-order valence-electron chi connectivity index (χ4n) is 3.39. The largest absolute Gasteiger partial charge is 0.497 e. The van der Waals surface area contributed by atoms with Crippen molar-refractivity contribution in [2.24, 2.45) is 0 Å². The van der Waals surface area contributed by atoms with E-state index in [1.54, 1.807) is 50.0 Å². The number of methoxy groups -OCH3 is 4. The topological polar surface area (TPSA) is 36.9 Å². The Bertz CT molecular complexity index is 1110. The van der Waals surface area contributed by atoms with E-state index in [4.69, 9.17) is 18.9 Å². The van der Waals surface area contributed by atoms with E-state index in [-0.39, 0.29) is 0 Å². The highest BCUT2D eigenvalue weighted by Gasteiger charge is 2.12. The zero-order valence-electron chi connectivity index (χ0n) is 17.2. The molecule has 154 valence electrons. The molecule has 0 aliphatic rings. The molecule has 30 heavy (non-hydrogen) atoms. The van der Waals surface area contributed by atoms with E-state index >= 15 is 0 Å². The first-order valence-electron chi connectivity index (χ1n) is 9.32. The van der Waals surface area contributed by atoms with E-state index < -0.39 is 0 Å². The third-order valence-corrected chi connectivity index (χ3v) is 7.43. The number of hydrogen-bond donors (Lipinski definition) is 0. The molecule has 0 saturated carbocycles. The van der Waals surface area contributed by atoms with Gasteiger partial charge in [0.2, 0.25) is 0 Å². The average molecular weight is 439 g/mol. The standard InChI is InChI=1S/C24H22O4S2/c1-25-15-5-7-17-19(13-15)21(27-3)9-11-23(17)29-30-24-12-10-22(28-4)20-14-16(26-2)6-8-18(20)24/h5-14H,1-4H3. The van der Waals surface area contributed by atoms with Gasteiger partial charge in [0.05, 0.1) is 28.4 Å². The summed E-state index contributed by atoms with van der Waals surface area (Å²) >= 11 is 0. The Kier molecular flexibility index (Phi) is 6.16. The van der Waals surface area contributed by atoms with Crippen molar-refractivity contribution in [1.29, 1.82) is 0 Å². The monoisotopic (exact) mass is 438 g/mol. The number of rotatable bonds is 7. The van der Waals surface area contributed by atoms with Gasteiger partial charge in [0.1, 0.15) is 23.0 Å². The summed E-state index contributed by atoms with van der Waals surface area (Å²) < 4.78 is 21.9. The summed E-state index contributed by atoms with van der Waals surface area (Å²) in [5, 5.41) is 4.33. The van der Waals surface area contributed by atoms with Crippen LogP contribution in [0.3, 0.4) is 0 Å². The van der Waals surface area contributed by atoms with Crippen LogP contribution in [0.5, 0.6) is 23.0 Å². The normalized spacial score (nSPS) is 10.9. The summed E-state index contributed by atoms with van der Waals surface area (Å²) in [6, 6.07) is 20.3. The van der Waals surface area contributed by atoms with E-state index in [9.17, 15) is 0 Å². The summed E-state index contributed by atoms with van der Waals surface area (Å²) in [6.45, 7) is 0. The highest BCUT2D eigenvalue weighted by molar-refractivity contribution is 8.76. The van der Waals surface area contributed by atoms with E-state index in [1.807, 2.05) is 36.4 Å². The van der Waals surface area contributed by atoms with Crippen LogP contribution in [0.1, 0.15) is 0 Å². The lowest BCUT2D eigenvalue weighted by Gasteiger charge is -2.13. The SMILES string of the molecule is COc1ccc2c(SSc3ccc(OC)c4cc(OC)ccc34)ccc(OC)c2c1. The van der Waals surface area contributed by atoms with Gasteiger partial charge in [0.25, 0.3) is 0 Å². The molecule has 0 heterocycles. The predicted molar refractivity (Wildman–Crippen MR) is 126 cm³/mol. The van der Waals surface area contributed by atoms with Crippen LogP contribution < -0.4 is 18.9 Å². The van der Waals surface area contributed by atoms with Crippen LogP contribution in [0.15, 0.2) is 70.5 Å². The second-order valence-electron chi connectivity index (χ2n) is 6.52. The Balaban J connectivity index is 1.72. The van der Waals surface area contributed by atoms with E-state index in [0.717, 1.165) is 54.3 Å². The maximum atomic E-state index is 5.55. The average Bonchev–Trinajstić information content (AvgIpc) is 2.81. The third-order valence-electron chi connectivity index (χ3n) is 4.95. The fraction of sp³-hybridized carbons (Fsp3) is 0.167. The molecule has 4 aromatic carbocycles. The summed E-state index contributed by atoms with van der Waals surface area (Å²) in [5.41, 5.74) is 0. The van der Waals surface area contributed by atoms with Crippen molar-refractivity contribution < 1.29 is 18.9 Å². The molecule has 4 rings (SSSR count). The van der Waals surface area contributed by atoms with Crippen LogP contribution in [0.4, 0.5) is 0 Å². The van der Waals surface area contributed by atoms with Crippen molar-refractivity contribution in [1.82, 2.24) is 0 Å². The van der Waals surface area contributed by atoms with Crippen molar-refractivity contribution >= 4 is 43.1 Å². The molecule has 0 radical (unpaired) electrons. The Labute approximate surface area is 183 Å². The third kappa shape index (κ3) is 3.85. The van der Waals surface area contributed by atoms with Gasteiger partial charge in [-0.05, 0) is 60.7 Å². The summed E-state index contributed by atoms with van der Waals surface area (Å²) in [7, 11) is 10.2. The number of ether oxygens (including phenoxy) is 4. The zero-order valence-corrected chi connectivity index (χ0v) is 18.9. The molecule has 6 heteroatoms. The summed E-state index contributed by atoms with van der Waals surface area (Å²) in [5.74, 6) is 3.29. The first kappa shape index (κ1) is 20.6. The Morgan fingerprint density at radius 1 is 0.467 bits per heavy atom. The minimum absolute atomic E-state index is 0.811. The Hall–Kier alpha value is -2.70. The molecule has 0 bridgehead atoms. The minimum Gasteiger partial charge on any atom is -0.497 e. The molecule has 0 aliphatic heterocycles. The van der Waals surface area contributed by atoms with Gasteiger partial charge in [-0.15, -0.1) is 0 Å². The molecule has 0 aromatic heterocycles. The molecule has 4 nitrogen and oxygen atoms in total. The lowest BCUT2D eigenvalue weighted by Crippen LogP contribution is -1.89. The highest BCUT2D eigenvalue weighted by Crippen LogP contribution is 2.46. The van der Waals surface area contributed by atoms with Gasteiger partial charge >= 0.3 is 0 Å². The van der Waals surface area contributed by atoms with Crippen LogP contribution in [-0.2, 0) is 0 Å². The summed E-state index contributed by atoms with van der Waals surface area (Å²) in [4.78, 5) is 2.33. The van der Waals surface area contributed by atoms with Gasteiger partial charge in [0.15, 0.2) is 0 Å². The number of benzene rings is 4. The van der Waals surface area contributed by atoms with Gasteiger partial charge in [-0.2, -0.15) is 0 Å². The van der Waals surface area contributed by atoms with Crippen LogP contribution in [-0.4, -0.2) is 28.4 Å². The number of fused-ring (bicyclic) bond motifs is 2. The molecular weight excluding hydrogens is 416 g/mol. The van der Waals surface area contributed by atoms with Crippen molar-refractivity contribution in [2.75, 3.05) is 28.4 Å². The molecule has 0 aliphatic carbocycles. The van der Waals surface area contributed by atoms with Crippen LogP contribution in [0.2, 0.25) is 0 Å². The second-order valence-corrected chi connectivity index (χ2v) is 8.73. The van der Waals surface area contributed by atoms with Crippen LogP contribution in [0.25, 0.3) is 21.5 Å². The second kappa shape index (κ2) is 8.98. The first-order valence-corrected chi connectivity index (χ1v) is 11.5. The van der Waals surface area contributed by atoms with Gasteiger partial charge in [0, 0.05) is 31.3 Å². The van der Waals surface area contributed by atoms with E-state index in [2.05, 4.69) is 24.3 Å². The predicted octanol–water partition coefficient (Wildman–Crippen LogP) is 6.83. The van der Waals surface area contributed by atoms with Crippen molar-refractivity contribution in [3.63, 3.8) is 0 Å². The van der Waals surface area contributed by atoms with Crippen molar-refractivity contribution in [3.8, 4) is 23.0 Å². The van der Waals surface area contributed by atoms with Crippen LogP contribution >= 0.6 is 21.6 Å². The van der Waals surface area contributed by atoms with Crippen molar-refractivity contribution in [3.05, 3.63) is 60.7 Å². The molecule has 0 fully saturated rings. The highest BCUT2D eigenvalue weighted by atomic mass is 33.1. The molecule has 0 spiro atoms. The number of hydrogen-bond acceptors (Lipinski definition) is 6. The Morgan fingerprint density at radius 2 is 0.900 bits per heavy atom. The van der Waals surface area contributed by atoms with Gasteiger partial charge in [-0.1, -0.05) is 21.6 Å². The van der Waals surface area contributed by atoms with Gasteiger partial charge in [-0.3, -0.25) is 0 Å². The lowest BCUT2D eigenvalue weighted by molar-refractivity contribution is 0.412. The van der Waals surface area contributed by atoms with Gasteiger partial charge < -0.3 is 18.9 Å². The van der Waals surface area contributed by atoms with Crippen molar-refractivity contribution in [2.45, 2.75) is 9.79 Å². The maximum absolute atomic E-state index is 5.55. The first-order chi connectivity index (χ1) is 14.7. The van der Waals surface area contributed by atoms with E-state index in [1.165, 1.54) is 0 Å². The Morgan fingerprint density at radius 3 is 1.27 bits per heavy atom. The summed E-state index contributed by atoms with van der Waals surface area (Å²) in [6.07, 6.45) is 0. The molecule has 0 saturated heterocycles. The smallest absolute Gasteiger partial charge is 0.126 e. The molecule has 4 aromatic rings. The maximum Gasteiger partial charge on any atom is 0.126 e.